The molecule has 5 rings (SSSR count). The van der Waals surface area contributed by atoms with Crippen molar-refractivity contribution in [3.05, 3.63) is 94.6 Å². The van der Waals surface area contributed by atoms with Gasteiger partial charge in [-0.15, -0.1) is 0 Å². The number of likely N-dealkylation sites (tertiary alicyclic amines) is 1. The molecule has 2 aliphatic heterocycles. The monoisotopic (exact) mass is 501 g/mol. The molecule has 8 heteroatoms. The molecule has 3 aromatic rings. The maximum absolute atomic E-state index is 13.1. The number of hydrogen-bond donors (Lipinski definition) is 1. The van der Waals surface area contributed by atoms with E-state index in [0.29, 0.717) is 35.0 Å². The molecule has 0 aliphatic carbocycles. The average Bonchev–Trinajstić information content (AvgIpc) is 3.49. The third-order valence-corrected chi connectivity index (χ3v) is 6.44. The molecular formula is C29H27NO7. The molecule has 1 N–H and O–H groups in total. The molecule has 0 radical (unpaired) electrons. The molecule has 8 nitrogen and oxygen atoms in total. The lowest BCUT2D eigenvalue weighted by Crippen LogP contribution is -2.32. The van der Waals surface area contributed by atoms with Crippen LogP contribution in [0, 0.1) is 6.92 Å². The number of benzene rings is 3. The Morgan fingerprint density at radius 3 is 2.46 bits per heavy atom. The number of aliphatic hydroxyl groups excluding tert-OH is 1. The van der Waals surface area contributed by atoms with Gasteiger partial charge >= 0.3 is 0 Å². The lowest BCUT2D eigenvalue weighted by atomic mass is 9.95. The first-order valence-corrected chi connectivity index (χ1v) is 11.9. The zero-order chi connectivity index (χ0) is 25.9. The number of aliphatic hydroxyl groups is 1. The van der Waals surface area contributed by atoms with Gasteiger partial charge in [-0.2, -0.15) is 0 Å². The minimum Gasteiger partial charge on any atom is -0.507 e. The third-order valence-electron chi connectivity index (χ3n) is 6.44. The van der Waals surface area contributed by atoms with E-state index >= 15 is 0 Å². The zero-order valence-corrected chi connectivity index (χ0v) is 20.6. The first kappa shape index (κ1) is 24.4. The smallest absolute Gasteiger partial charge is 0.295 e. The van der Waals surface area contributed by atoms with E-state index in [2.05, 4.69) is 0 Å². The number of ketones is 1. The van der Waals surface area contributed by atoms with Gasteiger partial charge < -0.3 is 29.0 Å². The second-order valence-corrected chi connectivity index (χ2v) is 8.90. The molecule has 2 aliphatic rings. The van der Waals surface area contributed by atoms with Gasteiger partial charge in [-0.1, -0.05) is 42.0 Å². The predicted molar refractivity (Wildman–Crippen MR) is 135 cm³/mol. The fourth-order valence-corrected chi connectivity index (χ4v) is 4.44. The number of methoxy groups -OCH3 is 1. The number of hydrogen-bond acceptors (Lipinski definition) is 7. The molecule has 0 bridgehead atoms. The van der Waals surface area contributed by atoms with Crippen molar-refractivity contribution >= 4 is 17.4 Å². The molecule has 1 fully saturated rings. The number of rotatable bonds is 8. The summed E-state index contributed by atoms with van der Waals surface area (Å²) in [5, 5.41) is 11.2. The van der Waals surface area contributed by atoms with E-state index in [1.165, 1.54) is 17.6 Å². The van der Waals surface area contributed by atoms with Gasteiger partial charge in [-0.25, -0.2) is 0 Å². The second-order valence-electron chi connectivity index (χ2n) is 8.90. The average molecular weight is 502 g/mol. The molecule has 1 atom stereocenters. The molecule has 2 heterocycles. The van der Waals surface area contributed by atoms with Crippen molar-refractivity contribution in [1.82, 2.24) is 4.90 Å². The van der Waals surface area contributed by atoms with Gasteiger partial charge in [0.15, 0.2) is 11.5 Å². The SMILES string of the molecule is COCCN1C(=O)C(=O)/C(=C(\O)c2ccc3c(c2)OCO3)C1c1ccc(OCc2ccc(C)cc2)cc1. The van der Waals surface area contributed by atoms with Gasteiger partial charge in [0, 0.05) is 19.2 Å². The topological polar surface area (TPSA) is 94.5 Å². The summed E-state index contributed by atoms with van der Waals surface area (Å²) >= 11 is 0. The predicted octanol–water partition coefficient (Wildman–Crippen LogP) is 4.37. The number of amides is 1. The summed E-state index contributed by atoms with van der Waals surface area (Å²) in [5.74, 6) is -0.0608. The number of fused-ring (bicyclic) bond motifs is 1. The van der Waals surface area contributed by atoms with E-state index in [1.807, 2.05) is 31.2 Å². The van der Waals surface area contributed by atoms with Crippen molar-refractivity contribution in [2.75, 3.05) is 27.1 Å². The maximum Gasteiger partial charge on any atom is 0.295 e. The molecule has 190 valence electrons. The van der Waals surface area contributed by atoms with Crippen LogP contribution in [-0.4, -0.2) is 48.8 Å². The Kier molecular flexibility index (Phi) is 6.83. The Hall–Kier alpha value is -4.30. The van der Waals surface area contributed by atoms with E-state index < -0.39 is 17.7 Å². The second kappa shape index (κ2) is 10.4. The van der Waals surface area contributed by atoms with Gasteiger partial charge in [-0.3, -0.25) is 9.59 Å². The van der Waals surface area contributed by atoms with Crippen molar-refractivity contribution in [3.8, 4) is 17.2 Å². The van der Waals surface area contributed by atoms with E-state index in [4.69, 9.17) is 18.9 Å². The number of nitrogens with zero attached hydrogens (tertiary/aromatic N) is 1. The van der Waals surface area contributed by atoms with Crippen LogP contribution in [0.15, 0.2) is 72.3 Å². The molecule has 0 saturated carbocycles. The zero-order valence-electron chi connectivity index (χ0n) is 20.6. The van der Waals surface area contributed by atoms with E-state index in [9.17, 15) is 14.7 Å². The molecule has 37 heavy (non-hydrogen) atoms. The van der Waals surface area contributed by atoms with Gasteiger partial charge in [0.2, 0.25) is 6.79 Å². The summed E-state index contributed by atoms with van der Waals surface area (Å²) in [6.07, 6.45) is 0. The molecule has 1 amide bonds. The van der Waals surface area contributed by atoms with E-state index in [-0.39, 0.29) is 31.3 Å². The molecule has 0 aromatic heterocycles. The number of Topliss-reactive ketones (excluding diaryl/α,β-unsaturated/α-hetero) is 1. The summed E-state index contributed by atoms with van der Waals surface area (Å²) in [6.45, 7) is 2.96. The van der Waals surface area contributed by atoms with Gasteiger partial charge in [0.1, 0.15) is 18.1 Å². The molecule has 3 aromatic carbocycles. The van der Waals surface area contributed by atoms with Crippen molar-refractivity contribution in [2.45, 2.75) is 19.6 Å². The van der Waals surface area contributed by atoms with Gasteiger partial charge in [-0.05, 0) is 48.4 Å². The van der Waals surface area contributed by atoms with Crippen LogP contribution in [0.4, 0.5) is 0 Å². The normalized spacial score (nSPS) is 17.9. The first-order chi connectivity index (χ1) is 18.0. The fraction of sp³-hybridized carbons (Fsp3) is 0.241. The highest BCUT2D eigenvalue weighted by Gasteiger charge is 2.46. The minimum absolute atomic E-state index is 0.00768. The highest BCUT2D eigenvalue weighted by Crippen LogP contribution is 2.41. The molecule has 1 unspecified atom stereocenters. The first-order valence-electron chi connectivity index (χ1n) is 11.9. The lowest BCUT2D eigenvalue weighted by Gasteiger charge is -2.25. The number of aryl methyl sites for hydroxylation is 1. The highest BCUT2D eigenvalue weighted by molar-refractivity contribution is 6.46. The summed E-state index contributed by atoms with van der Waals surface area (Å²) in [7, 11) is 1.53. The number of ether oxygens (including phenoxy) is 4. The Labute approximate surface area is 214 Å². The summed E-state index contributed by atoms with van der Waals surface area (Å²) < 4.78 is 21.8. The third kappa shape index (κ3) is 4.88. The highest BCUT2D eigenvalue weighted by atomic mass is 16.7. The Balaban J connectivity index is 1.46. The van der Waals surface area contributed by atoms with Gasteiger partial charge in [0.25, 0.3) is 11.7 Å². The van der Waals surface area contributed by atoms with Crippen LogP contribution >= 0.6 is 0 Å². The number of carbonyl (C=O) groups excluding carboxylic acids is 2. The van der Waals surface area contributed by atoms with E-state index in [1.54, 1.807) is 42.5 Å². The Morgan fingerprint density at radius 1 is 1.00 bits per heavy atom. The quantitative estimate of drug-likeness (QED) is 0.278. The molecule has 1 saturated heterocycles. The van der Waals surface area contributed by atoms with Crippen molar-refractivity contribution in [2.24, 2.45) is 0 Å². The van der Waals surface area contributed by atoms with Crippen LogP contribution in [-0.2, 0) is 20.9 Å². The lowest BCUT2D eigenvalue weighted by molar-refractivity contribution is -0.140. The summed E-state index contributed by atoms with van der Waals surface area (Å²) in [5.41, 5.74) is 3.26. The number of carbonyl (C=O) groups is 2. The summed E-state index contributed by atoms with van der Waals surface area (Å²) in [4.78, 5) is 27.5. The fourth-order valence-electron chi connectivity index (χ4n) is 4.44. The van der Waals surface area contributed by atoms with Crippen molar-refractivity contribution in [1.29, 1.82) is 0 Å². The maximum atomic E-state index is 13.1. The molecule has 0 spiro atoms. The van der Waals surface area contributed by atoms with Crippen LogP contribution in [0.3, 0.4) is 0 Å². The van der Waals surface area contributed by atoms with Crippen LogP contribution in [0.5, 0.6) is 17.2 Å². The Morgan fingerprint density at radius 2 is 1.73 bits per heavy atom. The van der Waals surface area contributed by atoms with Crippen LogP contribution in [0.1, 0.15) is 28.3 Å². The van der Waals surface area contributed by atoms with Crippen molar-refractivity contribution < 1.29 is 33.6 Å². The van der Waals surface area contributed by atoms with E-state index in [0.717, 1.165) is 5.56 Å². The van der Waals surface area contributed by atoms with Crippen LogP contribution < -0.4 is 14.2 Å². The van der Waals surface area contributed by atoms with Crippen molar-refractivity contribution in [3.63, 3.8) is 0 Å². The molecular weight excluding hydrogens is 474 g/mol. The van der Waals surface area contributed by atoms with Crippen LogP contribution in [0.2, 0.25) is 0 Å². The van der Waals surface area contributed by atoms with Gasteiger partial charge in [0.05, 0.1) is 18.2 Å². The standard InChI is InChI=1S/C29H27NO7/c1-18-3-5-19(6-4-18)16-35-22-10-7-20(8-11-22)26-25(28(32)29(33)30(26)13-14-34-2)27(31)21-9-12-23-24(15-21)37-17-36-23/h3-12,15,26,31H,13-14,16-17H2,1-2H3/b27-25-. The van der Waals surface area contributed by atoms with Crippen LogP contribution in [0.25, 0.3) is 5.76 Å². The Bertz CT molecular complexity index is 1350. The summed E-state index contributed by atoms with van der Waals surface area (Å²) in [6, 6.07) is 19.4. The largest absolute Gasteiger partial charge is 0.507 e. The minimum atomic E-state index is -0.785.